The summed E-state index contributed by atoms with van der Waals surface area (Å²) in [5.74, 6) is -0.223. The molecule has 0 saturated heterocycles. The molecule has 98 valence electrons. The number of benzene rings is 1. The molecule has 0 saturated carbocycles. The summed E-state index contributed by atoms with van der Waals surface area (Å²) in [6.07, 6.45) is 0.634. The normalized spacial score (nSPS) is 19.3. The number of carbonyl (C=O) groups is 1. The molecule has 2 aromatic rings. The van der Waals surface area contributed by atoms with Gasteiger partial charge in [0.15, 0.2) is 0 Å². The molecule has 0 bridgehead atoms. The third-order valence-electron chi connectivity index (χ3n) is 3.19. The molecule has 2 heterocycles. The van der Waals surface area contributed by atoms with Gasteiger partial charge in [0.05, 0.1) is 16.1 Å². The smallest absolute Gasteiger partial charge is 0.258 e. The predicted octanol–water partition coefficient (Wildman–Crippen LogP) is 1.98. The quantitative estimate of drug-likeness (QED) is 0.930. The molecule has 0 radical (unpaired) electrons. The Labute approximate surface area is 114 Å². The number of hydrogen-bond acceptors (Lipinski definition) is 5. The van der Waals surface area contributed by atoms with Crippen molar-refractivity contribution in [2.45, 2.75) is 13.3 Å². The summed E-state index contributed by atoms with van der Waals surface area (Å²) < 4.78 is 1.06. The van der Waals surface area contributed by atoms with Gasteiger partial charge in [0.2, 0.25) is 5.13 Å². The fourth-order valence-electron chi connectivity index (χ4n) is 2.19. The second-order valence-corrected chi connectivity index (χ2v) is 5.49. The summed E-state index contributed by atoms with van der Waals surface area (Å²) in [4.78, 5) is 16.8. The highest BCUT2D eigenvalue weighted by Crippen LogP contribution is 2.32. The number of nitrogens with zero attached hydrogens (tertiary/aromatic N) is 3. The number of rotatable bonds is 3. The summed E-state index contributed by atoms with van der Waals surface area (Å²) in [6.45, 7) is 2.35. The van der Waals surface area contributed by atoms with Crippen LogP contribution in [0.25, 0.3) is 10.2 Å². The van der Waals surface area contributed by atoms with Crippen LogP contribution in [0.3, 0.4) is 0 Å². The van der Waals surface area contributed by atoms with E-state index in [1.807, 2.05) is 31.2 Å². The lowest BCUT2D eigenvalue weighted by Crippen LogP contribution is -2.28. The standard InChI is InChI=1S/C13H14N4OS/c1-8-9(6-7-14)12(18)17(16-8)13-15-10-4-2-3-5-11(10)19-13/h2-5,9H,6-7,14H2,1H3. The van der Waals surface area contributed by atoms with Gasteiger partial charge in [0, 0.05) is 5.71 Å². The highest BCUT2D eigenvalue weighted by molar-refractivity contribution is 7.22. The topological polar surface area (TPSA) is 71.6 Å². The summed E-state index contributed by atoms with van der Waals surface area (Å²) in [5.41, 5.74) is 7.25. The Kier molecular flexibility index (Phi) is 3.04. The van der Waals surface area contributed by atoms with Crippen LogP contribution in [-0.2, 0) is 4.79 Å². The van der Waals surface area contributed by atoms with E-state index in [4.69, 9.17) is 5.73 Å². The minimum Gasteiger partial charge on any atom is -0.330 e. The SMILES string of the molecule is CC1=NN(c2nc3ccccc3s2)C(=O)C1CCN. The lowest BCUT2D eigenvalue weighted by molar-refractivity contribution is -0.119. The molecule has 1 aliphatic heterocycles. The number of fused-ring (bicyclic) bond motifs is 1. The molecule has 1 unspecified atom stereocenters. The molecule has 0 fully saturated rings. The van der Waals surface area contributed by atoms with E-state index in [1.165, 1.54) is 16.3 Å². The number of anilines is 1. The van der Waals surface area contributed by atoms with E-state index in [0.717, 1.165) is 15.9 Å². The molecular weight excluding hydrogens is 260 g/mol. The third kappa shape index (κ3) is 2.02. The fraction of sp³-hybridized carbons (Fsp3) is 0.308. The van der Waals surface area contributed by atoms with Gasteiger partial charge in [-0.3, -0.25) is 4.79 Å². The first-order valence-electron chi connectivity index (χ1n) is 6.15. The zero-order valence-electron chi connectivity index (χ0n) is 10.5. The van der Waals surface area contributed by atoms with Crippen molar-refractivity contribution in [2.75, 3.05) is 11.6 Å². The highest BCUT2D eigenvalue weighted by atomic mass is 32.1. The molecule has 1 amide bonds. The van der Waals surface area contributed by atoms with Crippen molar-refractivity contribution >= 4 is 38.3 Å². The minimum absolute atomic E-state index is 0.0259. The molecule has 5 nitrogen and oxygen atoms in total. The average Bonchev–Trinajstić information content (AvgIpc) is 2.94. The van der Waals surface area contributed by atoms with Crippen LogP contribution >= 0.6 is 11.3 Å². The number of carbonyl (C=O) groups excluding carboxylic acids is 1. The summed E-state index contributed by atoms with van der Waals surface area (Å²) >= 11 is 1.48. The third-order valence-corrected chi connectivity index (χ3v) is 4.20. The zero-order chi connectivity index (χ0) is 13.4. The van der Waals surface area contributed by atoms with E-state index < -0.39 is 0 Å². The van der Waals surface area contributed by atoms with Crippen molar-refractivity contribution in [3.05, 3.63) is 24.3 Å². The van der Waals surface area contributed by atoms with E-state index in [1.54, 1.807) is 0 Å². The maximum atomic E-state index is 12.3. The number of hydrazone groups is 1. The maximum absolute atomic E-state index is 12.3. The number of amides is 1. The molecule has 1 aromatic heterocycles. The van der Waals surface area contributed by atoms with Crippen molar-refractivity contribution in [1.82, 2.24) is 4.98 Å². The van der Waals surface area contributed by atoms with Crippen molar-refractivity contribution in [2.24, 2.45) is 16.8 Å². The Morgan fingerprint density at radius 2 is 2.21 bits per heavy atom. The number of aromatic nitrogens is 1. The molecule has 1 aliphatic rings. The van der Waals surface area contributed by atoms with Gasteiger partial charge in [-0.05, 0) is 32.0 Å². The molecule has 6 heteroatoms. The second kappa shape index (κ2) is 4.71. The molecule has 0 aliphatic carbocycles. The van der Waals surface area contributed by atoms with Crippen LogP contribution in [0.1, 0.15) is 13.3 Å². The maximum Gasteiger partial charge on any atom is 0.258 e. The molecule has 1 atom stereocenters. The number of hydrogen-bond donors (Lipinski definition) is 1. The number of thiazole rings is 1. The van der Waals surface area contributed by atoms with E-state index in [9.17, 15) is 4.79 Å². The van der Waals surface area contributed by atoms with Crippen LogP contribution in [0.4, 0.5) is 5.13 Å². The lowest BCUT2D eigenvalue weighted by Gasteiger charge is -2.10. The molecule has 1 aromatic carbocycles. The summed E-state index contributed by atoms with van der Waals surface area (Å²) in [5, 5.41) is 6.37. The van der Waals surface area contributed by atoms with Crippen molar-refractivity contribution in [3.8, 4) is 0 Å². The first-order valence-corrected chi connectivity index (χ1v) is 6.97. The van der Waals surface area contributed by atoms with Crippen LogP contribution < -0.4 is 10.7 Å². The van der Waals surface area contributed by atoms with Crippen molar-refractivity contribution in [3.63, 3.8) is 0 Å². The zero-order valence-corrected chi connectivity index (χ0v) is 11.4. The van der Waals surface area contributed by atoms with E-state index >= 15 is 0 Å². The number of nitrogens with two attached hydrogens (primary N) is 1. The molecule has 2 N–H and O–H groups in total. The highest BCUT2D eigenvalue weighted by Gasteiger charge is 2.35. The molecule has 19 heavy (non-hydrogen) atoms. The van der Waals surface area contributed by atoms with Crippen LogP contribution in [-0.4, -0.2) is 23.1 Å². The average molecular weight is 274 g/mol. The van der Waals surface area contributed by atoms with E-state index in [-0.39, 0.29) is 11.8 Å². The van der Waals surface area contributed by atoms with Gasteiger partial charge in [-0.25, -0.2) is 4.98 Å². The van der Waals surface area contributed by atoms with Crippen molar-refractivity contribution < 1.29 is 4.79 Å². The molecule has 3 rings (SSSR count). The van der Waals surface area contributed by atoms with Crippen LogP contribution in [0.2, 0.25) is 0 Å². The van der Waals surface area contributed by atoms with Gasteiger partial charge in [-0.15, -0.1) is 0 Å². The monoisotopic (exact) mass is 274 g/mol. The molecular formula is C13H14N4OS. The van der Waals surface area contributed by atoms with Gasteiger partial charge in [-0.2, -0.15) is 10.1 Å². The largest absolute Gasteiger partial charge is 0.330 e. The van der Waals surface area contributed by atoms with Gasteiger partial charge < -0.3 is 5.73 Å². The first kappa shape index (κ1) is 12.3. The Bertz CT molecular complexity index is 630. The Morgan fingerprint density at radius 3 is 2.95 bits per heavy atom. The van der Waals surface area contributed by atoms with Crippen LogP contribution in [0, 0.1) is 5.92 Å². The van der Waals surface area contributed by atoms with Gasteiger partial charge in [0.1, 0.15) is 0 Å². The Balaban J connectivity index is 1.96. The number of para-hydroxylation sites is 1. The second-order valence-electron chi connectivity index (χ2n) is 4.49. The van der Waals surface area contributed by atoms with Gasteiger partial charge >= 0.3 is 0 Å². The summed E-state index contributed by atoms with van der Waals surface area (Å²) in [7, 11) is 0. The minimum atomic E-state index is -0.197. The lowest BCUT2D eigenvalue weighted by atomic mass is 10.0. The van der Waals surface area contributed by atoms with Crippen molar-refractivity contribution in [1.29, 1.82) is 0 Å². The van der Waals surface area contributed by atoms with Gasteiger partial charge in [-0.1, -0.05) is 23.5 Å². The van der Waals surface area contributed by atoms with Crippen LogP contribution in [0.15, 0.2) is 29.4 Å². The summed E-state index contributed by atoms with van der Waals surface area (Å²) in [6, 6.07) is 7.82. The first-order chi connectivity index (χ1) is 9.20. The van der Waals surface area contributed by atoms with E-state index in [0.29, 0.717) is 18.1 Å². The van der Waals surface area contributed by atoms with Crippen LogP contribution in [0.5, 0.6) is 0 Å². The van der Waals surface area contributed by atoms with E-state index in [2.05, 4.69) is 10.1 Å². The molecule has 0 spiro atoms. The van der Waals surface area contributed by atoms with Gasteiger partial charge in [0.25, 0.3) is 5.91 Å². The fourth-order valence-corrected chi connectivity index (χ4v) is 3.11. The Morgan fingerprint density at radius 1 is 1.42 bits per heavy atom. The Hall–Kier alpha value is -1.79. The predicted molar refractivity (Wildman–Crippen MR) is 77.4 cm³/mol.